The van der Waals surface area contributed by atoms with Gasteiger partial charge in [0, 0.05) is 30.5 Å². The third-order valence-electron chi connectivity index (χ3n) is 5.17. The third kappa shape index (κ3) is 3.83. The highest BCUT2D eigenvalue weighted by molar-refractivity contribution is 5.77. The summed E-state index contributed by atoms with van der Waals surface area (Å²) >= 11 is 0. The van der Waals surface area contributed by atoms with Gasteiger partial charge < -0.3 is 14.5 Å². The zero-order valence-corrected chi connectivity index (χ0v) is 14.3. The number of ether oxygens (including phenoxy) is 1. The largest absolute Gasteiger partial charge is 0.483 e. The van der Waals surface area contributed by atoms with Gasteiger partial charge in [0.2, 0.25) is 0 Å². The van der Waals surface area contributed by atoms with Gasteiger partial charge in [-0.1, -0.05) is 0 Å². The summed E-state index contributed by atoms with van der Waals surface area (Å²) in [5.41, 5.74) is 2.35. The van der Waals surface area contributed by atoms with E-state index in [9.17, 15) is 4.79 Å². The molecule has 2 aliphatic rings. The molecule has 1 fully saturated rings. The fourth-order valence-electron chi connectivity index (χ4n) is 3.56. The fraction of sp³-hybridized carbons (Fsp3) is 0.667. The summed E-state index contributed by atoms with van der Waals surface area (Å²) in [5, 5.41) is 0. The van der Waals surface area contributed by atoms with Crippen molar-refractivity contribution in [2.45, 2.75) is 44.6 Å². The molecule has 1 aliphatic carbocycles. The van der Waals surface area contributed by atoms with Crippen LogP contribution in [0.5, 0.6) is 5.75 Å². The Kier molecular flexibility index (Phi) is 5.16. The van der Waals surface area contributed by atoms with Crippen LogP contribution in [0.2, 0.25) is 0 Å². The van der Waals surface area contributed by atoms with Crippen molar-refractivity contribution in [1.82, 2.24) is 14.8 Å². The van der Waals surface area contributed by atoms with E-state index in [0.29, 0.717) is 6.04 Å². The number of aromatic nitrogens is 1. The van der Waals surface area contributed by atoms with Gasteiger partial charge in [0.05, 0.1) is 0 Å². The number of piperidine rings is 1. The quantitative estimate of drug-likeness (QED) is 0.851. The third-order valence-corrected chi connectivity index (χ3v) is 5.17. The Balaban J connectivity index is 1.57. The minimum atomic E-state index is 0.0703. The molecule has 0 spiro atoms. The lowest BCUT2D eigenvalue weighted by Gasteiger charge is -2.35. The molecule has 5 nitrogen and oxygen atoms in total. The molecule has 5 heteroatoms. The van der Waals surface area contributed by atoms with E-state index >= 15 is 0 Å². The molecule has 0 radical (unpaired) electrons. The molecule has 1 saturated heterocycles. The Bertz CT molecular complexity index is 553. The first-order valence-corrected chi connectivity index (χ1v) is 8.69. The zero-order chi connectivity index (χ0) is 16.2. The van der Waals surface area contributed by atoms with Gasteiger partial charge in [0.15, 0.2) is 6.61 Å². The number of aryl methyl sites for hydroxylation is 1. The molecule has 0 N–H and O–H groups in total. The van der Waals surface area contributed by atoms with E-state index in [0.717, 1.165) is 50.2 Å². The summed E-state index contributed by atoms with van der Waals surface area (Å²) in [5.74, 6) is 0.917. The monoisotopic (exact) mass is 317 g/mol. The number of hydrogen-bond donors (Lipinski definition) is 0. The lowest BCUT2D eigenvalue weighted by molar-refractivity contribution is -0.135. The maximum absolute atomic E-state index is 12.4. The molecule has 0 saturated carbocycles. The van der Waals surface area contributed by atoms with Gasteiger partial charge in [0.1, 0.15) is 5.75 Å². The van der Waals surface area contributed by atoms with Crippen LogP contribution in [0.1, 0.15) is 36.9 Å². The normalized spacial score (nSPS) is 19.2. The van der Waals surface area contributed by atoms with Crippen molar-refractivity contribution in [2.24, 2.45) is 0 Å². The van der Waals surface area contributed by atoms with E-state index < -0.39 is 0 Å². The van der Waals surface area contributed by atoms with Crippen molar-refractivity contribution in [3.8, 4) is 5.75 Å². The van der Waals surface area contributed by atoms with Crippen LogP contribution in [0.3, 0.4) is 0 Å². The molecule has 0 atom stereocenters. The Morgan fingerprint density at radius 3 is 2.87 bits per heavy atom. The molecule has 1 aliphatic heterocycles. The lowest BCUT2D eigenvalue weighted by atomic mass is 9.95. The smallest absolute Gasteiger partial charge is 0.260 e. The highest BCUT2D eigenvalue weighted by Gasteiger charge is 2.24. The minimum Gasteiger partial charge on any atom is -0.483 e. The summed E-state index contributed by atoms with van der Waals surface area (Å²) in [6, 6.07) is 2.24. The minimum absolute atomic E-state index is 0.0703. The Labute approximate surface area is 138 Å². The van der Waals surface area contributed by atoms with Crippen molar-refractivity contribution in [2.75, 3.05) is 33.8 Å². The summed E-state index contributed by atoms with van der Waals surface area (Å²) in [7, 11) is 4.04. The molecule has 1 aromatic heterocycles. The summed E-state index contributed by atoms with van der Waals surface area (Å²) in [4.78, 5) is 21.1. The highest BCUT2D eigenvalue weighted by atomic mass is 16.5. The number of nitrogens with zero attached hydrogens (tertiary/aromatic N) is 3. The molecule has 23 heavy (non-hydrogen) atoms. The van der Waals surface area contributed by atoms with Crippen LogP contribution in [0, 0.1) is 0 Å². The number of likely N-dealkylation sites (N-methyl/N-ethyl adjacent to an activating group) is 1. The highest BCUT2D eigenvalue weighted by Crippen LogP contribution is 2.28. The number of pyridine rings is 1. The summed E-state index contributed by atoms with van der Waals surface area (Å²) < 4.78 is 5.86. The average Bonchev–Trinajstić information content (AvgIpc) is 2.59. The van der Waals surface area contributed by atoms with Crippen LogP contribution in [-0.4, -0.2) is 60.5 Å². The number of hydrogen-bond acceptors (Lipinski definition) is 4. The Morgan fingerprint density at radius 2 is 2.09 bits per heavy atom. The number of likely N-dealkylation sites (tertiary alicyclic amines) is 1. The van der Waals surface area contributed by atoms with Gasteiger partial charge in [-0.25, -0.2) is 0 Å². The van der Waals surface area contributed by atoms with E-state index in [1.807, 2.05) is 18.0 Å². The zero-order valence-electron chi connectivity index (χ0n) is 14.3. The van der Waals surface area contributed by atoms with E-state index in [-0.39, 0.29) is 12.5 Å². The topological polar surface area (TPSA) is 45.7 Å². The van der Waals surface area contributed by atoms with Gasteiger partial charge in [-0.15, -0.1) is 0 Å². The number of carbonyl (C=O) groups excluding carboxylic acids is 1. The van der Waals surface area contributed by atoms with Crippen LogP contribution in [0.4, 0.5) is 0 Å². The molecule has 1 amide bonds. The predicted molar refractivity (Wildman–Crippen MR) is 89.7 cm³/mol. The van der Waals surface area contributed by atoms with Crippen molar-refractivity contribution in [3.63, 3.8) is 0 Å². The average molecular weight is 317 g/mol. The molecular formula is C18H27N3O2. The second kappa shape index (κ2) is 7.30. The van der Waals surface area contributed by atoms with Crippen LogP contribution < -0.4 is 4.74 Å². The van der Waals surface area contributed by atoms with Crippen LogP contribution >= 0.6 is 0 Å². The SMILES string of the molecule is CN1CCC(N(C)C(=O)COc2ccnc3c2CCCC3)CC1. The maximum atomic E-state index is 12.4. The van der Waals surface area contributed by atoms with Crippen LogP contribution in [-0.2, 0) is 17.6 Å². The van der Waals surface area contributed by atoms with Crippen molar-refractivity contribution >= 4 is 5.91 Å². The van der Waals surface area contributed by atoms with Gasteiger partial charge in [-0.2, -0.15) is 0 Å². The van der Waals surface area contributed by atoms with Gasteiger partial charge >= 0.3 is 0 Å². The lowest BCUT2D eigenvalue weighted by Crippen LogP contribution is -2.45. The summed E-state index contributed by atoms with van der Waals surface area (Å²) in [6.07, 6.45) is 8.30. The van der Waals surface area contributed by atoms with E-state index in [4.69, 9.17) is 4.74 Å². The molecule has 0 unspecified atom stereocenters. The number of fused-ring (bicyclic) bond motifs is 1. The first-order chi connectivity index (χ1) is 11.1. The Morgan fingerprint density at radius 1 is 1.35 bits per heavy atom. The number of rotatable bonds is 4. The second-order valence-electron chi connectivity index (χ2n) is 6.77. The van der Waals surface area contributed by atoms with Crippen LogP contribution in [0.25, 0.3) is 0 Å². The molecule has 1 aromatic rings. The van der Waals surface area contributed by atoms with Gasteiger partial charge in [-0.3, -0.25) is 9.78 Å². The van der Waals surface area contributed by atoms with Gasteiger partial charge in [-0.05, 0) is 64.7 Å². The van der Waals surface area contributed by atoms with E-state index in [2.05, 4.69) is 16.9 Å². The first kappa shape index (κ1) is 16.2. The van der Waals surface area contributed by atoms with Crippen molar-refractivity contribution < 1.29 is 9.53 Å². The predicted octanol–water partition coefficient (Wildman–Crippen LogP) is 1.89. The second-order valence-corrected chi connectivity index (χ2v) is 6.77. The van der Waals surface area contributed by atoms with Crippen molar-refractivity contribution in [1.29, 1.82) is 0 Å². The molecule has 126 valence electrons. The number of amides is 1. The van der Waals surface area contributed by atoms with E-state index in [1.54, 1.807) is 6.20 Å². The molecule has 3 rings (SSSR count). The Hall–Kier alpha value is -1.62. The number of carbonyl (C=O) groups is 1. The standard InChI is InChI=1S/C18H27N3O2/c1-20-11-8-14(9-12-20)21(2)18(22)13-23-17-7-10-19-16-6-4-3-5-15(16)17/h7,10,14H,3-6,8-9,11-13H2,1-2H3. The molecule has 2 heterocycles. The van der Waals surface area contributed by atoms with Crippen LogP contribution in [0.15, 0.2) is 12.3 Å². The summed E-state index contributed by atoms with van der Waals surface area (Å²) in [6.45, 7) is 2.24. The first-order valence-electron chi connectivity index (χ1n) is 8.69. The maximum Gasteiger partial charge on any atom is 0.260 e. The van der Waals surface area contributed by atoms with Gasteiger partial charge in [0.25, 0.3) is 5.91 Å². The molecule has 0 aromatic carbocycles. The fourth-order valence-corrected chi connectivity index (χ4v) is 3.56. The van der Waals surface area contributed by atoms with E-state index in [1.165, 1.54) is 18.4 Å². The molecular weight excluding hydrogens is 290 g/mol. The molecule has 0 bridgehead atoms. The van der Waals surface area contributed by atoms with Crippen molar-refractivity contribution in [3.05, 3.63) is 23.5 Å².